The van der Waals surface area contributed by atoms with E-state index in [4.69, 9.17) is 9.47 Å². The van der Waals surface area contributed by atoms with Crippen molar-refractivity contribution in [3.05, 3.63) is 23.8 Å². The van der Waals surface area contributed by atoms with Crippen LogP contribution in [-0.2, 0) is 11.3 Å². The molecule has 142 valence electrons. The molecule has 1 aliphatic rings. The summed E-state index contributed by atoms with van der Waals surface area (Å²) in [5.74, 6) is 2.08. The van der Waals surface area contributed by atoms with E-state index in [0.29, 0.717) is 0 Å². The number of amides is 1. The Morgan fingerprint density at radius 1 is 1.28 bits per heavy atom. The highest BCUT2D eigenvalue weighted by Gasteiger charge is 2.26. The third-order valence-electron chi connectivity index (χ3n) is 4.84. The second kappa shape index (κ2) is 10.5. The van der Waals surface area contributed by atoms with Gasteiger partial charge < -0.3 is 14.8 Å². The fraction of sp³-hybridized carbons (Fsp3) is 0.632. The average molecular weight is 371 g/mol. The summed E-state index contributed by atoms with van der Waals surface area (Å²) in [6, 6.07) is 6.14. The van der Waals surface area contributed by atoms with Gasteiger partial charge in [0.25, 0.3) is 0 Å². The first-order chi connectivity index (χ1) is 11.6. The molecule has 0 aromatic heterocycles. The van der Waals surface area contributed by atoms with Crippen molar-refractivity contribution < 1.29 is 14.3 Å². The molecule has 25 heavy (non-hydrogen) atoms. The van der Waals surface area contributed by atoms with Crippen LogP contribution in [0.5, 0.6) is 11.5 Å². The van der Waals surface area contributed by atoms with E-state index in [1.807, 2.05) is 18.2 Å². The highest BCUT2D eigenvalue weighted by Crippen LogP contribution is 2.27. The minimum atomic E-state index is 0. The van der Waals surface area contributed by atoms with Crippen LogP contribution in [0.2, 0.25) is 0 Å². The maximum Gasteiger partial charge on any atom is 0.223 e. The van der Waals surface area contributed by atoms with E-state index >= 15 is 0 Å². The molecule has 1 fully saturated rings. The predicted molar refractivity (Wildman–Crippen MR) is 103 cm³/mol. The lowest BCUT2D eigenvalue weighted by Gasteiger charge is -2.32. The van der Waals surface area contributed by atoms with Gasteiger partial charge in [0.2, 0.25) is 5.91 Å². The van der Waals surface area contributed by atoms with Crippen molar-refractivity contribution in [3.63, 3.8) is 0 Å². The van der Waals surface area contributed by atoms with Gasteiger partial charge in [0, 0.05) is 24.1 Å². The minimum absolute atomic E-state index is 0. The Labute approximate surface area is 157 Å². The van der Waals surface area contributed by atoms with Crippen molar-refractivity contribution in [2.24, 2.45) is 5.92 Å². The van der Waals surface area contributed by atoms with Crippen LogP contribution in [0.25, 0.3) is 0 Å². The molecule has 1 aromatic rings. The fourth-order valence-electron chi connectivity index (χ4n) is 3.06. The molecule has 0 radical (unpaired) electrons. The van der Waals surface area contributed by atoms with Crippen molar-refractivity contribution in [2.45, 2.75) is 45.7 Å². The van der Waals surface area contributed by atoms with Gasteiger partial charge >= 0.3 is 0 Å². The van der Waals surface area contributed by atoms with Crippen molar-refractivity contribution in [3.8, 4) is 11.5 Å². The van der Waals surface area contributed by atoms with Crippen LogP contribution >= 0.6 is 12.4 Å². The van der Waals surface area contributed by atoms with Crippen LogP contribution in [0.3, 0.4) is 0 Å². The van der Waals surface area contributed by atoms with Gasteiger partial charge in [0.05, 0.1) is 14.2 Å². The van der Waals surface area contributed by atoms with Crippen LogP contribution in [0, 0.1) is 5.92 Å². The van der Waals surface area contributed by atoms with Crippen molar-refractivity contribution in [1.82, 2.24) is 10.2 Å². The Kier molecular flexibility index (Phi) is 9.08. The number of methoxy groups -OCH3 is 2. The summed E-state index contributed by atoms with van der Waals surface area (Å²) in [5, 5.41) is 3.10. The van der Waals surface area contributed by atoms with E-state index in [0.717, 1.165) is 56.0 Å². The molecule has 1 saturated heterocycles. The molecule has 1 unspecified atom stereocenters. The first-order valence-corrected chi connectivity index (χ1v) is 8.81. The molecular weight excluding hydrogens is 340 g/mol. The predicted octanol–water partition coefficient (Wildman–Crippen LogP) is 3.25. The highest BCUT2D eigenvalue weighted by atomic mass is 35.5. The monoisotopic (exact) mass is 370 g/mol. The molecule has 0 spiro atoms. The molecule has 1 aliphatic heterocycles. The first kappa shape index (κ1) is 21.6. The van der Waals surface area contributed by atoms with Gasteiger partial charge in [0.1, 0.15) is 11.5 Å². The molecule has 2 rings (SSSR count). The molecule has 6 heteroatoms. The van der Waals surface area contributed by atoms with E-state index in [1.54, 1.807) is 14.2 Å². The number of hydrogen-bond donors (Lipinski definition) is 1. The van der Waals surface area contributed by atoms with E-state index in [9.17, 15) is 4.79 Å². The smallest absolute Gasteiger partial charge is 0.223 e. The summed E-state index contributed by atoms with van der Waals surface area (Å²) in [7, 11) is 3.36. The van der Waals surface area contributed by atoms with Gasteiger partial charge in [-0.1, -0.05) is 6.92 Å². The lowest BCUT2D eigenvalue weighted by Crippen LogP contribution is -2.42. The number of nitrogens with one attached hydrogen (secondary N) is 1. The summed E-state index contributed by atoms with van der Waals surface area (Å²) in [5.41, 5.74) is 1.12. The highest BCUT2D eigenvalue weighted by molar-refractivity contribution is 5.85. The average Bonchev–Trinajstić information content (AvgIpc) is 2.62. The largest absolute Gasteiger partial charge is 0.497 e. The molecule has 1 heterocycles. The van der Waals surface area contributed by atoms with E-state index in [-0.39, 0.29) is 30.3 Å². The second-order valence-corrected chi connectivity index (χ2v) is 6.55. The second-order valence-electron chi connectivity index (χ2n) is 6.55. The lowest BCUT2D eigenvalue weighted by atomic mass is 9.95. The van der Waals surface area contributed by atoms with Gasteiger partial charge in [-0.15, -0.1) is 12.4 Å². The first-order valence-electron chi connectivity index (χ1n) is 8.81. The van der Waals surface area contributed by atoms with Crippen molar-refractivity contribution in [2.75, 3.05) is 27.3 Å². The lowest BCUT2D eigenvalue weighted by molar-refractivity contribution is -0.127. The Morgan fingerprint density at radius 2 is 1.96 bits per heavy atom. The summed E-state index contributed by atoms with van der Waals surface area (Å²) >= 11 is 0. The number of benzene rings is 1. The Hall–Kier alpha value is -1.46. The molecule has 5 nitrogen and oxygen atoms in total. The third-order valence-corrected chi connectivity index (χ3v) is 4.84. The Morgan fingerprint density at radius 3 is 2.52 bits per heavy atom. The zero-order valence-corrected chi connectivity index (χ0v) is 16.5. The topological polar surface area (TPSA) is 50.8 Å². The summed E-state index contributed by atoms with van der Waals surface area (Å²) in [6.45, 7) is 6.83. The molecule has 1 atom stereocenters. The normalized spacial score (nSPS) is 16.6. The molecule has 1 aromatic carbocycles. The summed E-state index contributed by atoms with van der Waals surface area (Å²) in [6.07, 6.45) is 2.79. The van der Waals surface area contributed by atoms with Gasteiger partial charge in [-0.25, -0.2) is 0 Å². The van der Waals surface area contributed by atoms with Gasteiger partial charge in [-0.2, -0.15) is 0 Å². The zero-order chi connectivity index (χ0) is 17.5. The molecule has 0 aliphatic carbocycles. The molecule has 0 bridgehead atoms. The van der Waals surface area contributed by atoms with Crippen LogP contribution in [0.4, 0.5) is 0 Å². The maximum absolute atomic E-state index is 12.3. The number of ether oxygens (including phenoxy) is 2. The molecule has 1 N–H and O–H groups in total. The van der Waals surface area contributed by atoms with Crippen LogP contribution in [0.1, 0.15) is 38.7 Å². The SMILES string of the molecule is CCC(C)NC(=O)C1CCN(Cc2cc(OC)ccc2OC)CC1.Cl. The van der Waals surface area contributed by atoms with Gasteiger partial charge in [-0.3, -0.25) is 9.69 Å². The Balaban J connectivity index is 0.00000312. The molecular formula is C19H31ClN2O3. The number of carbonyl (C=O) groups excluding carboxylic acids is 1. The van der Waals surface area contributed by atoms with Gasteiger partial charge in [0.15, 0.2) is 0 Å². The third kappa shape index (κ3) is 6.08. The maximum atomic E-state index is 12.3. The fourth-order valence-corrected chi connectivity index (χ4v) is 3.06. The van der Waals surface area contributed by atoms with Crippen molar-refractivity contribution >= 4 is 18.3 Å². The summed E-state index contributed by atoms with van der Waals surface area (Å²) < 4.78 is 10.8. The number of nitrogens with zero attached hydrogens (tertiary/aromatic N) is 1. The van der Waals surface area contributed by atoms with Gasteiger partial charge in [-0.05, 0) is 57.5 Å². The van der Waals surface area contributed by atoms with E-state index in [1.165, 1.54) is 0 Å². The van der Waals surface area contributed by atoms with Crippen LogP contribution in [-0.4, -0.2) is 44.2 Å². The summed E-state index contributed by atoms with van der Waals surface area (Å²) in [4.78, 5) is 14.6. The quantitative estimate of drug-likeness (QED) is 0.800. The van der Waals surface area contributed by atoms with Crippen molar-refractivity contribution in [1.29, 1.82) is 0 Å². The number of hydrogen-bond acceptors (Lipinski definition) is 4. The Bertz CT molecular complexity index is 545. The number of rotatable bonds is 7. The zero-order valence-electron chi connectivity index (χ0n) is 15.7. The van der Waals surface area contributed by atoms with E-state index in [2.05, 4.69) is 24.1 Å². The van der Waals surface area contributed by atoms with Crippen LogP contribution < -0.4 is 14.8 Å². The number of piperidine rings is 1. The number of likely N-dealkylation sites (tertiary alicyclic amines) is 1. The van der Waals surface area contributed by atoms with E-state index < -0.39 is 0 Å². The standard InChI is InChI=1S/C19H30N2O3.ClH/c1-5-14(2)20-19(22)15-8-10-21(11-9-15)13-16-12-17(23-3)6-7-18(16)24-4;/h6-7,12,14-15H,5,8-11,13H2,1-4H3,(H,20,22);1H. The number of carbonyl (C=O) groups is 1. The number of halogens is 1. The minimum Gasteiger partial charge on any atom is -0.497 e. The molecule has 1 amide bonds. The van der Waals surface area contributed by atoms with Crippen LogP contribution in [0.15, 0.2) is 18.2 Å². The molecule has 0 saturated carbocycles.